The van der Waals surface area contributed by atoms with Crippen molar-refractivity contribution in [3.05, 3.63) is 4.91 Å². The molecule has 1 N–H and O–H groups in total. The number of hydrogen-bond acceptors (Lipinski definition) is 3. The van der Waals surface area contributed by atoms with Gasteiger partial charge in [-0.05, 0) is 30.6 Å². The lowest BCUT2D eigenvalue weighted by molar-refractivity contribution is 0.0975. The fraction of sp³-hybridized carbons (Fsp3) is 1.00. The smallest absolute Gasteiger partial charge is 0.120 e. The summed E-state index contributed by atoms with van der Waals surface area (Å²) in [5, 5.41) is 13.4. The molecule has 0 heterocycles. The minimum atomic E-state index is -0.506. The molecule has 3 nitrogen and oxygen atoms in total. The van der Waals surface area contributed by atoms with Crippen molar-refractivity contribution < 1.29 is 5.11 Å². The van der Waals surface area contributed by atoms with Crippen LogP contribution in [0.15, 0.2) is 5.18 Å². The van der Waals surface area contributed by atoms with E-state index in [1.165, 1.54) is 44.9 Å². The van der Waals surface area contributed by atoms with E-state index < -0.39 is 6.10 Å². The molecule has 0 radical (unpaired) electrons. The second-order valence-corrected chi connectivity index (χ2v) is 6.56. The van der Waals surface area contributed by atoms with Crippen molar-refractivity contribution in [3.63, 3.8) is 0 Å². The summed E-state index contributed by atoms with van der Waals surface area (Å²) < 4.78 is 0. The number of rotatable bonds is 7. The highest BCUT2D eigenvalue weighted by Gasteiger charge is 2.33. The highest BCUT2D eigenvalue weighted by Crippen LogP contribution is 2.36. The molecule has 0 bridgehead atoms. The standard InChI is InChI=1S/C15H27NO2/c1-11(9-12-5-3-2-4-6-12)15(16-18)14(17)10-13-7-8-13/h11-15,17H,2-10H2,1H3/t11-,14-,15?/m0/s1. The summed E-state index contributed by atoms with van der Waals surface area (Å²) in [5.74, 6) is 1.65. The van der Waals surface area contributed by atoms with Crippen molar-refractivity contribution in [2.75, 3.05) is 0 Å². The zero-order chi connectivity index (χ0) is 13.0. The third-order valence-electron chi connectivity index (χ3n) is 4.80. The first kappa shape index (κ1) is 14.0. The summed E-state index contributed by atoms with van der Waals surface area (Å²) in [4.78, 5) is 11.0. The van der Waals surface area contributed by atoms with Gasteiger partial charge in [-0.15, -0.1) is 0 Å². The van der Waals surface area contributed by atoms with Gasteiger partial charge in [0, 0.05) is 0 Å². The van der Waals surface area contributed by atoms with Gasteiger partial charge in [0.2, 0.25) is 0 Å². The molecule has 0 amide bonds. The van der Waals surface area contributed by atoms with Gasteiger partial charge in [-0.3, -0.25) is 0 Å². The molecule has 2 fully saturated rings. The Balaban J connectivity index is 1.79. The highest BCUT2D eigenvalue weighted by molar-refractivity contribution is 4.87. The monoisotopic (exact) mass is 253 g/mol. The van der Waals surface area contributed by atoms with Crippen LogP contribution >= 0.6 is 0 Å². The summed E-state index contributed by atoms with van der Waals surface area (Å²) in [5.41, 5.74) is 0. The Kier molecular flexibility index (Phi) is 5.16. The van der Waals surface area contributed by atoms with Crippen molar-refractivity contribution >= 4 is 0 Å². The van der Waals surface area contributed by atoms with Gasteiger partial charge < -0.3 is 5.11 Å². The van der Waals surface area contributed by atoms with Gasteiger partial charge in [0.25, 0.3) is 0 Å². The molecule has 104 valence electrons. The summed E-state index contributed by atoms with van der Waals surface area (Å²) in [7, 11) is 0. The van der Waals surface area contributed by atoms with Crippen molar-refractivity contribution in [1.82, 2.24) is 0 Å². The van der Waals surface area contributed by atoms with E-state index in [2.05, 4.69) is 12.1 Å². The fourth-order valence-electron chi connectivity index (χ4n) is 3.48. The minimum absolute atomic E-state index is 0.236. The second kappa shape index (κ2) is 6.65. The SMILES string of the molecule is C[C@@H](CC1CCCCC1)C(N=O)[C@@H](O)CC1CC1. The minimum Gasteiger partial charge on any atom is -0.391 e. The van der Waals surface area contributed by atoms with Crippen LogP contribution in [0.4, 0.5) is 0 Å². The summed E-state index contributed by atoms with van der Waals surface area (Å²) in [6.07, 6.45) is 10.4. The molecule has 0 spiro atoms. The Morgan fingerprint density at radius 2 is 1.67 bits per heavy atom. The van der Waals surface area contributed by atoms with Crippen LogP contribution in [0.2, 0.25) is 0 Å². The van der Waals surface area contributed by atoms with Crippen molar-refractivity contribution in [3.8, 4) is 0 Å². The molecule has 0 saturated heterocycles. The molecule has 3 atom stereocenters. The number of nitroso groups, excluding NO2 is 1. The normalized spacial score (nSPS) is 26.6. The average molecular weight is 253 g/mol. The number of aliphatic hydroxyl groups is 1. The molecule has 18 heavy (non-hydrogen) atoms. The predicted molar refractivity (Wildman–Crippen MR) is 73.3 cm³/mol. The number of nitrogens with zero attached hydrogens (tertiary/aromatic N) is 1. The van der Waals surface area contributed by atoms with Gasteiger partial charge in [-0.1, -0.05) is 57.0 Å². The number of aliphatic hydroxyl groups excluding tert-OH is 1. The van der Waals surface area contributed by atoms with Crippen LogP contribution < -0.4 is 0 Å². The highest BCUT2D eigenvalue weighted by atomic mass is 16.3. The predicted octanol–water partition coefficient (Wildman–Crippen LogP) is 3.89. The van der Waals surface area contributed by atoms with Crippen LogP contribution in [-0.4, -0.2) is 17.3 Å². The maximum absolute atomic E-state index is 11.0. The molecule has 0 aliphatic heterocycles. The van der Waals surface area contributed by atoms with E-state index in [9.17, 15) is 10.0 Å². The van der Waals surface area contributed by atoms with E-state index in [0.717, 1.165) is 18.8 Å². The third-order valence-corrected chi connectivity index (χ3v) is 4.80. The van der Waals surface area contributed by atoms with Crippen molar-refractivity contribution in [2.24, 2.45) is 22.9 Å². The number of hydrogen-bond donors (Lipinski definition) is 1. The van der Waals surface area contributed by atoms with Crippen LogP contribution in [-0.2, 0) is 0 Å². The Labute approximate surface area is 110 Å². The Morgan fingerprint density at radius 1 is 1.06 bits per heavy atom. The molecule has 2 aliphatic rings. The third kappa shape index (κ3) is 4.04. The van der Waals surface area contributed by atoms with Crippen LogP contribution in [0.1, 0.15) is 64.7 Å². The van der Waals surface area contributed by atoms with Crippen LogP contribution in [0, 0.1) is 22.7 Å². The second-order valence-electron chi connectivity index (χ2n) is 6.56. The summed E-state index contributed by atoms with van der Waals surface area (Å²) in [6.45, 7) is 2.09. The van der Waals surface area contributed by atoms with Crippen LogP contribution in [0.3, 0.4) is 0 Å². The van der Waals surface area contributed by atoms with Gasteiger partial charge in [0.15, 0.2) is 0 Å². The average Bonchev–Trinajstić information content (AvgIpc) is 3.15. The maximum Gasteiger partial charge on any atom is 0.120 e. The van der Waals surface area contributed by atoms with Gasteiger partial charge in [0.05, 0.1) is 6.10 Å². The first-order valence-electron chi connectivity index (χ1n) is 7.71. The van der Waals surface area contributed by atoms with Gasteiger partial charge in [-0.2, -0.15) is 4.91 Å². The van der Waals surface area contributed by atoms with Gasteiger partial charge in [0.1, 0.15) is 6.04 Å². The summed E-state index contributed by atoms with van der Waals surface area (Å²) >= 11 is 0. The van der Waals surface area contributed by atoms with E-state index in [0.29, 0.717) is 5.92 Å². The molecule has 0 aromatic heterocycles. The molecule has 3 heteroatoms. The lowest BCUT2D eigenvalue weighted by atomic mass is 9.80. The van der Waals surface area contributed by atoms with Crippen LogP contribution in [0.5, 0.6) is 0 Å². The quantitative estimate of drug-likeness (QED) is 0.700. The van der Waals surface area contributed by atoms with E-state index >= 15 is 0 Å². The molecular weight excluding hydrogens is 226 g/mol. The molecule has 1 unspecified atom stereocenters. The Hall–Kier alpha value is -0.440. The fourth-order valence-corrected chi connectivity index (χ4v) is 3.48. The van der Waals surface area contributed by atoms with Gasteiger partial charge >= 0.3 is 0 Å². The molecular formula is C15H27NO2. The zero-order valence-electron chi connectivity index (χ0n) is 11.6. The van der Waals surface area contributed by atoms with E-state index in [1.54, 1.807) is 0 Å². The molecule has 2 aliphatic carbocycles. The largest absolute Gasteiger partial charge is 0.391 e. The molecule has 0 aromatic carbocycles. The Morgan fingerprint density at radius 3 is 2.22 bits per heavy atom. The van der Waals surface area contributed by atoms with E-state index in [1.807, 2.05) is 0 Å². The Bertz CT molecular complexity index is 259. The summed E-state index contributed by atoms with van der Waals surface area (Å²) in [6, 6.07) is -0.382. The maximum atomic E-state index is 11.0. The molecule has 2 rings (SSSR count). The first-order valence-corrected chi connectivity index (χ1v) is 7.71. The van der Waals surface area contributed by atoms with Crippen LogP contribution in [0.25, 0.3) is 0 Å². The lowest BCUT2D eigenvalue weighted by Crippen LogP contribution is -2.32. The first-order chi connectivity index (χ1) is 8.70. The molecule has 0 aromatic rings. The van der Waals surface area contributed by atoms with Crippen molar-refractivity contribution in [1.29, 1.82) is 0 Å². The van der Waals surface area contributed by atoms with Crippen molar-refractivity contribution in [2.45, 2.75) is 76.9 Å². The van der Waals surface area contributed by atoms with Gasteiger partial charge in [-0.25, -0.2) is 0 Å². The lowest BCUT2D eigenvalue weighted by Gasteiger charge is -2.28. The topological polar surface area (TPSA) is 49.7 Å². The van der Waals surface area contributed by atoms with E-state index in [4.69, 9.17) is 0 Å². The zero-order valence-corrected chi connectivity index (χ0v) is 11.6. The molecule has 2 saturated carbocycles. The van der Waals surface area contributed by atoms with E-state index in [-0.39, 0.29) is 12.0 Å².